The summed E-state index contributed by atoms with van der Waals surface area (Å²) < 4.78 is 16.0. The molecule has 0 unspecified atom stereocenters. The van der Waals surface area contributed by atoms with Crippen LogP contribution in [0.2, 0.25) is 0 Å². The largest absolute Gasteiger partial charge is 0.493 e. The average molecular weight is 396 g/mol. The van der Waals surface area contributed by atoms with E-state index in [0.717, 1.165) is 12.0 Å². The smallest absolute Gasteiger partial charge is 0.307 e. The van der Waals surface area contributed by atoms with Crippen LogP contribution >= 0.6 is 24.0 Å². The lowest BCUT2D eigenvalue weighted by Gasteiger charge is -2.13. The number of nitrogens with zero attached hydrogens (tertiary/aromatic N) is 1. The highest BCUT2D eigenvalue weighted by atomic mass is 32.2. The molecule has 6 nitrogen and oxygen atoms in total. The second-order valence-electron chi connectivity index (χ2n) is 5.42. The van der Waals surface area contributed by atoms with Crippen molar-refractivity contribution in [2.45, 2.75) is 19.8 Å². The predicted octanol–water partition coefficient (Wildman–Crippen LogP) is 3.25. The molecule has 140 valence electrons. The molecule has 1 amide bonds. The summed E-state index contributed by atoms with van der Waals surface area (Å²) in [4.78, 5) is 25.7. The van der Waals surface area contributed by atoms with E-state index < -0.39 is 0 Å². The van der Waals surface area contributed by atoms with Crippen LogP contribution in [0.5, 0.6) is 11.5 Å². The van der Waals surface area contributed by atoms with Crippen molar-refractivity contribution in [3.63, 3.8) is 0 Å². The van der Waals surface area contributed by atoms with Gasteiger partial charge in [-0.3, -0.25) is 14.5 Å². The second kappa shape index (κ2) is 9.59. The summed E-state index contributed by atoms with van der Waals surface area (Å²) >= 11 is 6.46. The lowest BCUT2D eigenvalue weighted by Crippen LogP contribution is -2.30. The number of hydrogen-bond donors (Lipinski definition) is 0. The quantitative estimate of drug-likeness (QED) is 0.380. The molecule has 8 heteroatoms. The summed E-state index contributed by atoms with van der Waals surface area (Å²) in [6, 6.07) is 5.48. The maximum absolute atomic E-state index is 12.5. The van der Waals surface area contributed by atoms with Gasteiger partial charge < -0.3 is 14.2 Å². The summed E-state index contributed by atoms with van der Waals surface area (Å²) in [6.45, 7) is 2.85. The Kier molecular flexibility index (Phi) is 7.47. The lowest BCUT2D eigenvalue weighted by molar-refractivity contribution is -0.140. The highest BCUT2D eigenvalue weighted by molar-refractivity contribution is 8.26. The molecule has 0 spiro atoms. The van der Waals surface area contributed by atoms with Crippen molar-refractivity contribution in [2.24, 2.45) is 0 Å². The number of amides is 1. The number of carbonyl (C=O) groups is 2. The molecule has 1 saturated heterocycles. The number of ether oxygens (including phenoxy) is 3. The predicted molar refractivity (Wildman–Crippen MR) is 105 cm³/mol. The number of rotatable bonds is 8. The number of esters is 1. The van der Waals surface area contributed by atoms with Crippen LogP contribution in [0.15, 0.2) is 23.1 Å². The van der Waals surface area contributed by atoms with Crippen molar-refractivity contribution in [2.75, 3.05) is 27.4 Å². The molecule has 0 bridgehead atoms. The fraction of sp³-hybridized carbons (Fsp3) is 0.389. The third kappa shape index (κ3) is 4.98. The Morgan fingerprint density at radius 2 is 2.08 bits per heavy atom. The molecule has 0 N–H and O–H groups in total. The maximum Gasteiger partial charge on any atom is 0.307 e. The van der Waals surface area contributed by atoms with E-state index in [4.69, 9.17) is 21.7 Å². The summed E-state index contributed by atoms with van der Waals surface area (Å²) in [5.41, 5.74) is 0.805. The number of hydrogen-bond acceptors (Lipinski definition) is 7. The van der Waals surface area contributed by atoms with Gasteiger partial charge in [-0.25, -0.2) is 0 Å². The number of carbonyl (C=O) groups excluding carboxylic acids is 2. The maximum atomic E-state index is 12.5. The summed E-state index contributed by atoms with van der Waals surface area (Å²) in [5.74, 6) is 0.676. The second-order valence-corrected chi connectivity index (χ2v) is 7.09. The van der Waals surface area contributed by atoms with Crippen LogP contribution in [0, 0.1) is 0 Å². The molecule has 1 aliphatic heterocycles. The van der Waals surface area contributed by atoms with Crippen LogP contribution in [-0.4, -0.2) is 48.5 Å². The highest BCUT2D eigenvalue weighted by Gasteiger charge is 2.32. The van der Waals surface area contributed by atoms with Crippen molar-refractivity contribution in [1.82, 2.24) is 4.90 Å². The molecule has 0 aromatic heterocycles. The zero-order chi connectivity index (χ0) is 19.1. The molecule has 1 aromatic rings. The minimum atomic E-state index is -0.379. The highest BCUT2D eigenvalue weighted by Crippen LogP contribution is 2.34. The molecule has 0 atom stereocenters. The Bertz CT molecular complexity index is 732. The van der Waals surface area contributed by atoms with Gasteiger partial charge in [-0.1, -0.05) is 37.0 Å². The molecule has 1 heterocycles. The lowest BCUT2D eigenvalue weighted by atomic mass is 10.2. The fourth-order valence-corrected chi connectivity index (χ4v) is 3.56. The fourth-order valence-electron chi connectivity index (χ4n) is 2.25. The van der Waals surface area contributed by atoms with Crippen molar-refractivity contribution in [1.29, 1.82) is 0 Å². The number of benzene rings is 1. The minimum absolute atomic E-state index is 0.105. The molecular weight excluding hydrogens is 374 g/mol. The van der Waals surface area contributed by atoms with Gasteiger partial charge in [0.15, 0.2) is 11.5 Å². The SMILES string of the molecule is CCCOc1ccc(C=C2SC(=S)N(CCC(=O)OC)C2=O)cc1OC. The molecule has 1 fully saturated rings. The van der Waals surface area contributed by atoms with Gasteiger partial charge in [0.2, 0.25) is 0 Å². The van der Waals surface area contributed by atoms with Gasteiger partial charge in [-0.2, -0.15) is 0 Å². The molecule has 1 aliphatic rings. The molecule has 1 aromatic carbocycles. The molecule has 0 radical (unpaired) electrons. The zero-order valence-corrected chi connectivity index (χ0v) is 16.6. The number of thiocarbonyl (C=S) groups is 1. The third-order valence-corrected chi connectivity index (χ3v) is 4.97. The van der Waals surface area contributed by atoms with Crippen LogP contribution in [0.25, 0.3) is 6.08 Å². The van der Waals surface area contributed by atoms with Gasteiger partial charge in [0, 0.05) is 6.54 Å². The molecule has 0 saturated carbocycles. The average Bonchev–Trinajstić information content (AvgIpc) is 2.91. The van der Waals surface area contributed by atoms with Gasteiger partial charge in [-0.05, 0) is 30.2 Å². The first-order valence-electron chi connectivity index (χ1n) is 8.13. The van der Waals surface area contributed by atoms with E-state index in [1.807, 2.05) is 25.1 Å². The van der Waals surface area contributed by atoms with Crippen molar-refractivity contribution >= 4 is 46.3 Å². The van der Waals surface area contributed by atoms with E-state index in [1.54, 1.807) is 13.2 Å². The first-order chi connectivity index (χ1) is 12.5. The van der Waals surface area contributed by atoms with Crippen LogP contribution in [0.1, 0.15) is 25.3 Å². The van der Waals surface area contributed by atoms with E-state index >= 15 is 0 Å². The Morgan fingerprint density at radius 1 is 1.31 bits per heavy atom. The van der Waals surface area contributed by atoms with Gasteiger partial charge in [-0.15, -0.1) is 0 Å². The monoisotopic (exact) mass is 395 g/mol. The van der Waals surface area contributed by atoms with Crippen molar-refractivity contribution in [3.05, 3.63) is 28.7 Å². The van der Waals surface area contributed by atoms with E-state index in [0.29, 0.717) is 27.3 Å². The molecule has 0 aliphatic carbocycles. The van der Waals surface area contributed by atoms with Crippen molar-refractivity contribution < 1.29 is 23.8 Å². The van der Waals surface area contributed by atoms with Crippen LogP contribution in [0.4, 0.5) is 0 Å². The molecular formula is C18H21NO5S2. The Hall–Kier alpha value is -2.06. The first kappa shape index (κ1) is 20.3. The third-order valence-electron chi connectivity index (χ3n) is 3.59. The zero-order valence-electron chi connectivity index (χ0n) is 14.9. The Balaban J connectivity index is 2.15. The van der Waals surface area contributed by atoms with Crippen molar-refractivity contribution in [3.8, 4) is 11.5 Å². The van der Waals surface area contributed by atoms with Crippen LogP contribution < -0.4 is 9.47 Å². The van der Waals surface area contributed by atoms with E-state index in [-0.39, 0.29) is 24.8 Å². The van der Waals surface area contributed by atoms with Gasteiger partial charge in [0.05, 0.1) is 32.2 Å². The Labute approximate surface area is 162 Å². The van der Waals surface area contributed by atoms with E-state index in [2.05, 4.69) is 4.74 Å². The Morgan fingerprint density at radius 3 is 2.73 bits per heavy atom. The number of thioether (sulfide) groups is 1. The molecule has 26 heavy (non-hydrogen) atoms. The topological polar surface area (TPSA) is 65.1 Å². The summed E-state index contributed by atoms with van der Waals surface area (Å²) in [7, 11) is 2.89. The van der Waals surface area contributed by atoms with Gasteiger partial charge in [0.25, 0.3) is 5.91 Å². The standard InChI is InChI=1S/C18H21NO5S2/c1-4-9-24-13-6-5-12(10-14(13)22-2)11-15-17(21)19(18(25)26-15)8-7-16(20)23-3/h5-6,10-11H,4,7-9H2,1-3H3. The van der Waals surface area contributed by atoms with E-state index in [9.17, 15) is 9.59 Å². The van der Waals surface area contributed by atoms with Gasteiger partial charge in [0.1, 0.15) is 4.32 Å². The first-order valence-corrected chi connectivity index (χ1v) is 9.35. The van der Waals surface area contributed by atoms with Crippen LogP contribution in [-0.2, 0) is 14.3 Å². The van der Waals surface area contributed by atoms with Gasteiger partial charge >= 0.3 is 5.97 Å². The minimum Gasteiger partial charge on any atom is -0.493 e. The van der Waals surface area contributed by atoms with E-state index in [1.165, 1.54) is 23.8 Å². The normalized spacial score (nSPS) is 15.5. The summed E-state index contributed by atoms with van der Waals surface area (Å²) in [6.07, 6.45) is 2.76. The number of methoxy groups -OCH3 is 2. The van der Waals surface area contributed by atoms with Crippen LogP contribution in [0.3, 0.4) is 0 Å². The molecule has 2 rings (SSSR count). The summed E-state index contributed by atoms with van der Waals surface area (Å²) in [5, 5.41) is 0.